The van der Waals surface area contributed by atoms with Crippen LogP contribution in [0.15, 0.2) is 47.4 Å². The summed E-state index contributed by atoms with van der Waals surface area (Å²) in [7, 11) is -2.26. The third-order valence-corrected chi connectivity index (χ3v) is 6.98. The number of benzene rings is 2. The van der Waals surface area contributed by atoms with Crippen molar-refractivity contribution >= 4 is 33.4 Å². The van der Waals surface area contributed by atoms with E-state index in [9.17, 15) is 22.8 Å². The van der Waals surface area contributed by atoms with E-state index in [2.05, 4.69) is 5.32 Å². The number of carbonyl (C=O) groups is 3. The molecule has 1 heterocycles. The average molecular weight is 444 g/mol. The smallest absolute Gasteiger partial charge is 0.263 e. The van der Waals surface area contributed by atoms with Crippen LogP contribution >= 0.6 is 0 Å². The maximum absolute atomic E-state index is 12.9. The largest absolute Gasteiger partial charge is 0.321 e. The molecule has 0 aromatic heterocycles. The zero-order chi connectivity index (χ0) is 22.8. The van der Waals surface area contributed by atoms with E-state index in [4.69, 9.17) is 0 Å². The van der Waals surface area contributed by atoms with Gasteiger partial charge in [0.05, 0.1) is 21.7 Å². The van der Waals surface area contributed by atoms with Crippen molar-refractivity contribution in [1.82, 2.24) is 9.21 Å². The predicted molar refractivity (Wildman–Crippen MR) is 117 cm³/mol. The molecule has 0 atom stereocenters. The molecule has 1 N–H and O–H groups in total. The van der Waals surface area contributed by atoms with Crippen LogP contribution in [0.3, 0.4) is 0 Å². The van der Waals surface area contributed by atoms with Crippen molar-refractivity contribution in [2.45, 2.75) is 31.6 Å². The molecule has 0 unspecified atom stereocenters. The predicted octanol–water partition coefficient (Wildman–Crippen LogP) is 2.98. The first-order valence-electron chi connectivity index (χ1n) is 10.1. The standard InChI is InChI=1S/C22H25N3O5S/c1-4-13-25(14-5-2)31(29,30)16-11-9-15(10-12-16)20(26)23-18-8-6-7-17-19(18)22(28)24(3)21(17)27/h6-12H,4-5,13-14H2,1-3H3,(H,23,26). The van der Waals surface area contributed by atoms with Gasteiger partial charge in [0, 0.05) is 25.7 Å². The number of carbonyl (C=O) groups excluding carboxylic acids is 3. The summed E-state index contributed by atoms with van der Waals surface area (Å²) >= 11 is 0. The second-order valence-corrected chi connectivity index (χ2v) is 9.22. The van der Waals surface area contributed by atoms with Crippen LogP contribution in [0.1, 0.15) is 57.8 Å². The fourth-order valence-corrected chi connectivity index (χ4v) is 5.10. The van der Waals surface area contributed by atoms with Gasteiger partial charge in [-0.2, -0.15) is 4.31 Å². The first-order valence-corrected chi connectivity index (χ1v) is 11.5. The van der Waals surface area contributed by atoms with Crippen molar-refractivity contribution in [3.63, 3.8) is 0 Å². The van der Waals surface area contributed by atoms with Gasteiger partial charge in [0.25, 0.3) is 17.7 Å². The number of anilines is 1. The molecule has 2 aromatic carbocycles. The number of fused-ring (bicyclic) bond motifs is 1. The van der Waals surface area contributed by atoms with Crippen LogP contribution in [0, 0.1) is 0 Å². The zero-order valence-corrected chi connectivity index (χ0v) is 18.5. The summed E-state index contributed by atoms with van der Waals surface area (Å²) in [6.07, 6.45) is 1.41. The number of nitrogens with one attached hydrogen (secondary N) is 1. The number of imide groups is 1. The highest BCUT2D eigenvalue weighted by Crippen LogP contribution is 2.29. The van der Waals surface area contributed by atoms with E-state index in [1.807, 2.05) is 13.8 Å². The molecule has 1 aliphatic rings. The van der Waals surface area contributed by atoms with Gasteiger partial charge in [-0.3, -0.25) is 19.3 Å². The number of hydrogen-bond donors (Lipinski definition) is 1. The number of rotatable bonds is 8. The Hall–Kier alpha value is -3.04. The van der Waals surface area contributed by atoms with Crippen LogP contribution in [0.25, 0.3) is 0 Å². The average Bonchev–Trinajstić information content (AvgIpc) is 2.98. The van der Waals surface area contributed by atoms with Crippen LogP contribution in [0.4, 0.5) is 5.69 Å². The van der Waals surface area contributed by atoms with Crippen LogP contribution in [-0.4, -0.2) is 55.5 Å². The van der Waals surface area contributed by atoms with Crippen molar-refractivity contribution in [2.24, 2.45) is 0 Å². The van der Waals surface area contributed by atoms with E-state index in [-0.39, 0.29) is 27.3 Å². The highest BCUT2D eigenvalue weighted by Gasteiger charge is 2.35. The summed E-state index contributed by atoms with van der Waals surface area (Å²) in [4.78, 5) is 38.3. The Kier molecular flexibility index (Phi) is 6.56. The molecule has 0 spiro atoms. The van der Waals surface area contributed by atoms with Gasteiger partial charge in [0.2, 0.25) is 10.0 Å². The molecule has 0 saturated heterocycles. The molecular weight excluding hydrogens is 418 g/mol. The molecule has 9 heteroatoms. The number of nitrogens with zero attached hydrogens (tertiary/aromatic N) is 2. The topological polar surface area (TPSA) is 104 Å². The van der Waals surface area contributed by atoms with Crippen LogP contribution < -0.4 is 5.32 Å². The lowest BCUT2D eigenvalue weighted by Crippen LogP contribution is -2.32. The summed E-state index contributed by atoms with van der Waals surface area (Å²) in [6, 6.07) is 10.3. The molecule has 1 aliphatic heterocycles. The van der Waals surface area contributed by atoms with Gasteiger partial charge in [0.1, 0.15) is 0 Å². The van der Waals surface area contributed by atoms with Crippen molar-refractivity contribution in [3.8, 4) is 0 Å². The van der Waals surface area contributed by atoms with Crippen LogP contribution in [0.5, 0.6) is 0 Å². The molecule has 2 aromatic rings. The monoisotopic (exact) mass is 443 g/mol. The molecule has 3 amide bonds. The molecule has 31 heavy (non-hydrogen) atoms. The van der Waals surface area contributed by atoms with E-state index in [1.54, 1.807) is 12.1 Å². The van der Waals surface area contributed by atoms with Gasteiger partial charge in [-0.1, -0.05) is 19.9 Å². The molecule has 8 nitrogen and oxygen atoms in total. The summed E-state index contributed by atoms with van der Waals surface area (Å²) < 4.78 is 27.2. The van der Waals surface area contributed by atoms with E-state index in [0.717, 1.165) is 4.90 Å². The highest BCUT2D eigenvalue weighted by molar-refractivity contribution is 7.89. The van der Waals surface area contributed by atoms with E-state index < -0.39 is 27.7 Å². The first kappa shape index (κ1) is 22.6. The maximum atomic E-state index is 12.9. The van der Waals surface area contributed by atoms with Gasteiger partial charge in [-0.05, 0) is 49.2 Å². The minimum Gasteiger partial charge on any atom is -0.321 e. The van der Waals surface area contributed by atoms with Gasteiger partial charge < -0.3 is 5.32 Å². The van der Waals surface area contributed by atoms with Crippen molar-refractivity contribution < 1.29 is 22.8 Å². The Morgan fingerprint density at radius 1 is 0.968 bits per heavy atom. The van der Waals surface area contributed by atoms with Gasteiger partial charge in [0.15, 0.2) is 0 Å². The lowest BCUT2D eigenvalue weighted by atomic mass is 10.1. The molecule has 0 aliphatic carbocycles. The Balaban J connectivity index is 1.83. The molecule has 0 radical (unpaired) electrons. The SMILES string of the molecule is CCCN(CCC)S(=O)(=O)c1ccc(C(=O)Nc2cccc3c2C(=O)N(C)C3=O)cc1. The van der Waals surface area contributed by atoms with Crippen molar-refractivity contribution in [2.75, 3.05) is 25.5 Å². The zero-order valence-electron chi connectivity index (χ0n) is 17.7. The molecule has 0 bridgehead atoms. The summed E-state index contributed by atoms with van der Waals surface area (Å²) in [5.41, 5.74) is 0.856. The van der Waals surface area contributed by atoms with Gasteiger partial charge >= 0.3 is 0 Å². The summed E-state index contributed by atoms with van der Waals surface area (Å²) in [6.45, 7) is 4.70. The van der Waals surface area contributed by atoms with Gasteiger partial charge in [-0.25, -0.2) is 8.42 Å². The number of hydrogen-bond acceptors (Lipinski definition) is 5. The first-order chi connectivity index (χ1) is 14.7. The number of sulfonamides is 1. The maximum Gasteiger partial charge on any atom is 0.263 e. The van der Waals surface area contributed by atoms with E-state index >= 15 is 0 Å². The van der Waals surface area contributed by atoms with Gasteiger partial charge in [-0.15, -0.1) is 0 Å². The lowest BCUT2D eigenvalue weighted by Gasteiger charge is -2.21. The van der Waals surface area contributed by atoms with E-state index in [0.29, 0.717) is 25.9 Å². The molecule has 0 saturated carbocycles. The Bertz CT molecular complexity index is 1120. The second-order valence-electron chi connectivity index (χ2n) is 7.28. The quantitative estimate of drug-likeness (QED) is 0.632. The Morgan fingerprint density at radius 3 is 2.16 bits per heavy atom. The fraction of sp³-hybridized carbons (Fsp3) is 0.318. The van der Waals surface area contributed by atoms with Crippen LogP contribution in [-0.2, 0) is 10.0 Å². The highest BCUT2D eigenvalue weighted by atomic mass is 32.2. The molecule has 164 valence electrons. The minimum absolute atomic E-state index is 0.119. The number of amides is 3. The molecule has 0 fully saturated rings. The molecular formula is C22H25N3O5S. The molecule has 3 rings (SSSR count). The van der Waals surface area contributed by atoms with Crippen molar-refractivity contribution in [3.05, 3.63) is 59.2 Å². The fourth-order valence-electron chi connectivity index (χ4n) is 3.48. The summed E-state index contributed by atoms with van der Waals surface area (Å²) in [5, 5.41) is 2.65. The minimum atomic E-state index is -3.64. The Morgan fingerprint density at radius 2 is 1.58 bits per heavy atom. The third kappa shape index (κ3) is 4.24. The lowest BCUT2D eigenvalue weighted by molar-refractivity contribution is 0.0693. The van der Waals surface area contributed by atoms with Crippen molar-refractivity contribution in [1.29, 1.82) is 0 Å². The normalized spacial score (nSPS) is 13.6. The summed E-state index contributed by atoms with van der Waals surface area (Å²) in [5.74, 6) is -1.41. The van der Waals surface area contributed by atoms with E-state index in [1.165, 1.54) is 41.7 Å². The van der Waals surface area contributed by atoms with Crippen LogP contribution in [0.2, 0.25) is 0 Å². The Labute approximate surface area is 181 Å². The second kappa shape index (κ2) is 8.99. The third-order valence-electron chi connectivity index (χ3n) is 5.07.